The van der Waals surface area contributed by atoms with E-state index in [1.165, 1.54) is 5.56 Å². The van der Waals surface area contributed by atoms with Crippen LogP contribution in [0.5, 0.6) is 0 Å². The number of hydrogen-bond donors (Lipinski definition) is 1. The number of likely N-dealkylation sites (tertiary alicyclic amines) is 1. The lowest BCUT2D eigenvalue weighted by molar-refractivity contribution is 0.156. The Morgan fingerprint density at radius 3 is 2.80 bits per heavy atom. The second-order valence-electron chi connectivity index (χ2n) is 6.04. The Balaban J connectivity index is 1.99. The fourth-order valence-electron chi connectivity index (χ4n) is 2.97. The second kappa shape index (κ2) is 6.78. The quantitative estimate of drug-likeness (QED) is 0.837. The van der Waals surface area contributed by atoms with Gasteiger partial charge >= 0.3 is 6.03 Å². The van der Waals surface area contributed by atoms with Gasteiger partial charge in [0.2, 0.25) is 0 Å². The third kappa shape index (κ3) is 3.53. The van der Waals surface area contributed by atoms with Gasteiger partial charge in [-0.05, 0) is 24.8 Å². The third-order valence-corrected chi connectivity index (χ3v) is 4.26. The number of carbonyl (C=O) groups excluding carboxylic acids is 1. The molecule has 1 aromatic carbocycles. The van der Waals surface area contributed by atoms with E-state index < -0.39 is 0 Å². The summed E-state index contributed by atoms with van der Waals surface area (Å²) in [6, 6.07) is 10.7. The van der Waals surface area contributed by atoms with E-state index in [1.807, 2.05) is 11.0 Å². The summed E-state index contributed by atoms with van der Waals surface area (Å²) in [5.74, 6) is 0. The Kier molecular flexibility index (Phi) is 5.05. The number of rotatable bonds is 4. The smallest absolute Gasteiger partial charge is 0.317 e. The SMILES string of the molecule is CCCCNC(=O)N1CCC[C@](C)(c2ccccc2)C1. The Bertz CT molecular complexity index is 432. The molecule has 3 heteroatoms. The van der Waals surface area contributed by atoms with Crippen molar-refractivity contribution in [2.75, 3.05) is 19.6 Å². The molecule has 1 saturated heterocycles. The number of nitrogens with one attached hydrogen (secondary N) is 1. The minimum atomic E-state index is 0.0849. The van der Waals surface area contributed by atoms with Crippen molar-refractivity contribution in [2.45, 2.75) is 44.9 Å². The van der Waals surface area contributed by atoms with E-state index in [0.717, 1.165) is 45.3 Å². The van der Waals surface area contributed by atoms with Crippen molar-refractivity contribution in [3.63, 3.8) is 0 Å². The van der Waals surface area contributed by atoms with Crippen LogP contribution in [-0.2, 0) is 5.41 Å². The maximum absolute atomic E-state index is 12.2. The van der Waals surface area contributed by atoms with Crippen LogP contribution < -0.4 is 5.32 Å². The monoisotopic (exact) mass is 274 g/mol. The molecule has 1 aliphatic heterocycles. The number of piperidine rings is 1. The molecule has 0 spiro atoms. The van der Waals surface area contributed by atoms with E-state index in [9.17, 15) is 4.79 Å². The molecule has 1 atom stereocenters. The summed E-state index contributed by atoms with van der Waals surface area (Å²) in [5.41, 5.74) is 1.42. The summed E-state index contributed by atoms with van der Waals surface area (Å²) >= 11 is 0. The van der Waals surface area contributed by atoms with Gasteiger partial charge in [0, 0.05) is 25.0 Å². The predicted molar refractivity (Wildman–Crippen MR) is 82.9 cm³/mol. The van der Waals surface area contributed by atoms with Gasteiger partial charge in [0.1, 0.15) is 0 Å². The van der Waals surface area contributed by atoms with E-state index in [-0.39, 0.29) is 11.4 Å². The first-order chi connectivity index (χ1) is 9.65. The summed E-state index contributed by atoms with van der Waals surface area (Å²) in [6.45, 7) is 6.89. The molecule has 1 aliphatic rings. The van der Waals surface area contributed by atoms with E-state index in [2.05, 4.69) is 43.4 Å². The van der Waals surface area contributed by atoms with Crippen molar-refractivity contribution in [3.8, 4) is 0 Å². The van der Waals surface area contributed by atoms with Gasteiger partial charge in [-0.2, -0.15) is 0 Å². The number of nitrogens with zero attached hydrogens (tertiary/aromatic N) is 1. The number of amides is 2. The van der Waals surface area contributed by atoms with E-state index in [4.69, 9.17) is 0 Å². The molecular weight excluding hydrogens is 248 g/mol. The van der Waals surface area contributed by atoms with Crippen molar-refractivity contribution in [1.82, 2.24) is 10.2 Å². The molecule has 1 fully saturated rings. The molecular formula is C17H26N2O. The molecule has 2 rings (SSSR count). The van der Waals surface area contributed by atoms with E-state index in [1.54, 1.807) is 0 Å². The van der Waals surface area contributed by atoms with E-state index in [0.29, 0.717) is 0 Å². The average Bonchev–Trinajstić information content (AvgIpc) is 2.48. The summed E-state index contributed by atoms with van der Waals surface area (Å²) in [5, 5.41) is 3.03. The standard InChI is InChI=1S/C17H26N2O/c1-3-4-12-18-16(20)19-13-8-11-17(2,14-19)15-9-6-5-7-10-15/h5-7,9-10H,3-4,8,11-14H2,1-2H3,(H,18,20)/t17-/m0/s1. The molecule has 0 aliphatic carbocycles. The van der Waals surface area contributed by atoms with Crippen molar-refractivity contribution in [3.05, 3.63) is 35.9 Å². The Morgan fingerprint density at radius 2 is 2.10 bits per heavy atom. The largest absolute Gasteiger partial charge is 0.338 e. The van der Waals surface area contributed by atoms with Gasteiger partial charge in [-0.3, -0.25) is 0 Å². The normalized spacial score (nSPS) is 22.6. The first-order valence-corrected chi connectivity index (χ1v) is 7.74. The van der Waals surface area contributed by atoms with Crippen molar-refractivity contribution in [2.24, 2.45) is 0 Å². The number of urea groups is 1. The molecule has 1 heterocycles. The third-order valence-electron chi connectivity index (χ3n) is 4.26. The lowest BCUT2D eigenvalue weighted by Crippen LogP contribution is -2.50. The molecule has 3 nitrogen and oxygen atoms in total. The fraction of sp³-hybridized carbons (Fsp3) is 0.588. The van der Waals surface area contributed by atoms with Gasteiger partial charge in [-0.1, -0.05) is 50.6 Å². The molecule has 0 unspecified atom stereocenters. The van der Waals surface area contributed by atoms with Gasteiger partial charge < -0.3 is 10.2 Å². The second-order valence-corrected chi connectivity index (χ2v) is 6.04. The van der Waals surface area contributed by atoms with Crippen LogP contribution in [0.2, 0.25) is 0 Å². The number of benzene rings is 1. The van der Waals surface area contributed by atoms with Gasteiger partial charge in [0.25, 0.3) is 0 Å². The zero-order valence-corrected chi connectivity index (χ0v) is 12.7. The molecule has 1 aromatic rings. The lowest BCUT2D eigenvalue weighted by Gasteiger charge is -2.41. The maximum Gasteiger partial charge on any atom is 0.317 e. The van der Waals surface area contributed by atoms with Crippen molar-refractivity contribution >= 4 is 6.03 Å². The summed E-state index contributed by atoms with van der Waals surface area (Å²) < 4.78 is 0. The molecule has 0 radical (unpaired) electrons. The first kappa shape index (κ1) is 14.9. The minimum Gasteiger partial charge on any atom is -0.338 e. The van der Waals surface area contributed by atoms with Gasteiger partial charge in [0.15, 0.2) is 0 Å². The first-order valence-electron chi connectivity index (χ1n) is 7.74. The molecule has 20 heavy (non-hydrogen) atoms. The number of carbonyl (C=O) groups is 1. The van der Waals surface area contributed by atoms with Crippen LogP contribution >= 0.6 is 0 Å². The zero-order valence-electron chi connectivity index (χ0n) is 12.7. The van der Waals surface area contributed by atoms with Crippen molar-refractivity contribution in [1.29, 1.82) is 0 Å². The van der Waals surface area contributed by atoms with Gasteiger partial charge in [0.05, 0.1) is 0 Å². The molecule has 1 N–H and O–H groups in total. The van der Waals surface area contributed by atoms with Crippen LogP contribution in [0.15, 0.2) is 30.3 Å². The van der Waals surface area contributed by atoms with Crippen LogP contribution in [0.3, 0.4) is 0 Å². The summed E-state index contributed by atoms with van der Waals surface area (Å²) in [4.78, 5) is 14.2. The number of unbranched alkanes of at least 4 members (excludes halogenated alkanes) is 1. The Hall–Kier alpha value is -1.51. The molecule has 0 bridgehead atoms. The predicted octanol–water partition coefficient (Wildman–Crippen LogP) is 3.55. The lowest BCUT2D eigenvalue weighted by atomic mass is 9.76. The van der Waals surface area contributed by atoms with E-state index >= 15 is 0 Å². The molecule has 0 saturated carbocycles. The van der Waals surface area contributed by atoms with Crippen LogP contribution in [0.4, 0.5) is 4.79 Å². The zero-order chi connectivity index (χ0) is 14.4. The summed E-state index contributed by atoms with van der Waals surface area (Å²) in [6.07, 6.45) is 4.39. The molecule has 2 amide bonds. The highest BCUT2D eigenvalue weighted by Gasteiger charge is 2.34. The van der Waals surface area contributed by atoms with Crippen LogP contribution in [0.25, 0.3) is 0 Å². The molecule has 0 aromatic heterocycles. The minimum absolute atomic E-state index is 0.0849. The van der Waals surface area contributed by atoms with Crippen molar-refractivity contribution < 1.29 is 4.79 Å². The highest BCUT2D eigenvalue weighted by Crippen LogP contribution is 2.33. The van der Waals surface area contributed by atoms with Gasteiger partial charge in [-0.15, -0.1) is 0 Å². The summed E-state index contributed by atoms with van der Waals surface area (Å²) in [7, 11) is 0. The maximum atomic E-state index is 12.2. The number of hydrogen-bond acceptors (Lipinski definition) is 1. The van der Waals surface area contributed by atoms with Crippen LogP contribution in [0, 0.1) is 0 Å². The van der Waals surface area contributed by atoms with Crippen LogP contribution in [-0.4, -0.2) is 30.6 Å². The van der Waals surface area contributed by atoms with Crippen LogP contribution in [0.1, 0.15) is 45.1 Å². The topological polar surface area (TPSA) is 32.3 Å². The highest BCUT2D eigenvalue weighted by molar-refractivity contribution is 5.74. The molecule has 110 valence electrons. The Labute approximate surface area is 122 Å². The fourth-order valence-corrected chi connectivity index (χ4v) is 2.97. The highest BCUT2D eigenvalue weighted by atomic mass is 16.2. The Morgan fingerprint density at radius 1 is 1.35 bits per heavy atom. The average molecular weight is 274 g/mol. The van der Waals surface area contributed by atoms with Gasteiger partial charge in [-0.25, -0.2) is 4.79 Å².